The summed E-state index contributed by atoms with van der Waals surface area (Å²) in [7, 11) is 1.74. The van der Waals surface area contributed by atoms with Gasteiger partial charge in [-0.2, -0.15) is 0 Å². The first-order valence-electron chi connectivity index (χ1n) is 11.2. The zero-order valence-electron chi connectivity index (χ0n) is 17.6. The zero-order valence-corrected chi connectivity index (χ0v) is 17.6. The highest BCUT2D eigenvalue weighted by Crippen LogP contribution is 2.46. The van der Waals surface area contributed by atoms with Crippen LogP contribution < -0.4 is 15.4 Å². The predicted molar refractivity (Wildman–Crippen MR) is 120 cm³/mol. The molecule has 1 saturated carbocycles. The highest BCUT2D eigenvalue weighted by molar-refractivity contribution is 5.59. The van der Waals surface area contributed by atoms with Crippen LogP contribution in [0.4, 0.5) is 11.4 Å². The van der Waals surface area contributed by atoms with Gasteiger partial charge in [0.15, 0.2) is 0 Å². The fraction of sp³-hybridized carbons (Fsp3) is 0.520. The quantitative estimate of drug-likeness (QED) is 0.756. The van der Waals surface area contributed by atoms with E-state index in [1.54, 1.807) is 12.7 Å². The van der Waals surface area contributed by atoms with Crippen LogP contribution in [0.25, 0.3) is 0 Å². The van der Waals surface area contributed by atoms with Crippen molar-refractivity contribution < 1.29 is 4.74 Å². The first-order chi connectivity index (χ1) is 14.2. The molecule has 29 heavy (non-hydrogen) atoms. The van der Waals surface area contributed by atoms with Crippen molar-refractivity contribution in [3.8, 4) is 5.75 Å². The van der Waals surface area contributed by atoms with E-state index in [1.807, 2.05) is 12.1 Å². The molecular weight excluding hydrogens is 358 g/mol. The number of fused-ring (bicyclic) bond motifs is 1. The van der Waals surface area contributed by atoms with Gasteiger partial charge >= 0.3 is 0 Å². The summed E-state index contributed by atoms with van der Waals surface area (Å²) < 4.78 is 5.47. The Hall–Kier alpha value is -2.20. The Morgan fingerprint density at radius 1 is 0.966 bits per heavy atom. The molecule has 2 aliphatic heterocycles. The summed E-state index contributed by atoms with van der Waals surface area (Å²) in [4.78, 5) is 2.69. The molecule has 2 N–H and O–H groups in total. The van der Waals surface area contributed by atoms with Gasteiger partial charge in [-0.25, -0.2) is 0 Å². The normalized spacial score (nSPS) is 29.6. The average molecular weight is 392 g/mol. The van der Waals surface area contributed by atoms with E-state index in [4.69, 9.17) is 4.74 Å². The minimum absolute atomic E-state index is 0.537. The van der Waals surface area contributed by atoms with E-state index < -0.39 is 0 Å². The molecule has 0 spiro atoms. The van der Waals surface area contributed by atoms with Gasteiger partial charge in [-0.15, -0.1) is 0 Å². The number of anilines is 2. The van der Waals surface area contributed by atoms with Crippen molar-refractivity contribution in [3.63, 3.8) is 0 Å². The Bertz CT molecular complexity index is 839. The molecule has 4 heteroatoms. The third-order valence-electron chi connectivity index (χ3n) is 7.38. The third kappa shape index (κ3) is 3.59. The van der Waals surface area contributed by atoms with Crippen LogP contribution >= 0.6 is 0 Å². The van der Waals surface area contributed by atoms with Gasteiger partial charge in [0.05, 0.1) is 18.8 Å². The minimum Gasteiger partial charge on any atom is -0.495 e. The van der Waals surface area contributed by atoms with E-state index in [0.717, 1.165) is 36.5 Å². The van der Waals surface area contributed by atoms with Gasteiger partial charge in [0, 0.05) is 36.8 Å². The smallest absolute Gasteiger partial charge is 0.141 e. The van der Waals surface area contributed by atoms with Crippen LogP contribution in [0.2, 0.25) is 0 Å². The molecule has 4 nitrogen and oxygen atoms in total. The number of methoxy groups -OCH3 is 1. The second-order valence-corrected chi connectivity index (χ2v) is 9.11. The molecule has 2 aromatic carbocycles. The maximum absolute atomic E-state index is 5.47. The Morgan fingerprint density at radius 3 is 2.48 bits per heavy atom. The summed E-state index contributed by atoms with van der Waals surface area (Å²) >= 11 is 0. The first-order valence-corrected chi connectivity index (χ1v) is 11.2. The Balaban J connectivity index is 1.13. The summed E-state index contributed by atoms with van der Waals surface area (Å²) in [6, 6.07) is 19.0. The molecule has 5 rings (SSSR count). The molecule has 2 unspecified atom stereocenters. The van der Waals surface area contributed by atoms with Crippen LogP contribution in [-0.4, -0.2) is 43.2 Å². The SMILES string of the molecule is COc1ccccc1NC1CN(C2CCC(C3c4ccccc4NC3C)CC2)C1. The number of benzene rings is 2. The van der Waals surface area contributed by atoms with Crippen molar-refractivity contribution in [2.24, 2.45) is 5.92 Å². The van der Waals surface area contributed by atoms with Gasteiger partial charge in [-0.1, -0.05) is 30.3 Å². The average Bonchev–Trinajstić information content (AvgIpc) is 3.06. The van der Waals surface area contributed by atoms with E-state index in [2.05, 4.69) is 58.9 Å². The summed E-state index contributed by atoms with van der Waals surface area (Å²) in [6.45, 7) is 4.66. The van der Waals surface area contributed by atoms with Crippen LogP contribution in [0.5, 0.6) is 5.75 Å². The lowest BCUT2D eigenvalue weighted by Crippen LogP contribution is -2.59. The fourth-order valence-corrected chi connectivity index (χ4v) is 5.90. The van der Waals surface area contributed by atoms with Gasteiger partial charge in [0.25, 0.3) is 0 Å². The summed E-state index contributed by atoms with van der Waals surface area (Å²) in [6.07, 6.45) is 5.41. The van der Waals surface area contributed by atoms with Crippen LogP contribution in [0.15, 0.2) is 48.5 Å². The molecule has 0 aromatic heterocycles. The first kappa shape index (κ1) is 18.8. The summed E-state index contributed by atoms with van der Waals surface area (Å²) in [5, 5.41) is 7.37. The Kier molecular flexibility index (Phi) is 5.13. The molecule has 0 amide bonds. The van der Waals surface area contributed by atoms with Crippen molar-refractivity contribution >= 4 is 11.4 Å². The molecule has 1 saturated heterocycles. The molecule has 2 aromatic rings. The van der Waals surface area contributed by atoms with Crippen molar-refractivity contribution in [2.45, 2.75) is 56.7 Å². The molecule has 0 bridgehead atoms. The number of hydrogen-bond donors (Lipinski definition) is 2. The monoisotopic (exact) mass is 391 g/mol. The lowest BCUT2D eigenvalue weighted by atomic mass is 9.73. The molecule has 0 radical (unpaired) electrons. The van der Waals surface area contributed by atoms with Crippen molar-refractivity contribution in [1.29, 1.82) is 0 Å². The largest absolute Gasteiger partial charge is 0.495 e. The van der Waals surface area contributed by atoms with E-state index in [1.165, 1.54) is 31.4 Å². The van der Waals surface area contributed by atoms with Gasteiger partial charge in [0.2, 0.25) is 0 Å². The summed E-state index contributed by atoms with van der Waals surface area (Å²) in [5.41, 5.74) is 4.03. The lowest BCUT2D eigenvalue weighted by Gasteiger charge is -2.47. The van der Waals surface area contributed by atoms with Gasteiger partial charge in [0.1, 0.15) is 5.75 Å². The van der Waals surface area contributed by atoms with Gasteiger partial charge in [-0.05, 0) is 62.3 Å². The molecule has 1 aliphatic carbocycles. The van der Waals surface area contributed by atoms with Crippen LogP contribution in [0, 0.1) is 5.92 Å². The van der Waals surface area contributed by atoms with Crippen LogP contribution in [-0.2, 0) is 0 Å². The number of nitrogens with zero attached hydrogens (tertiary/aromatic N) is 1. The second kappa shape index (κ2) is 7.91. The molecule has 2 atom stereocenters. The standard InChI is InChI=1S/C25H33N3O/c1-17-25(21-7-3-4-8-22(21)26-17)18-11-13-20(14-12-18)28-15-19(16-28)27-23-9-5-6-10-24(23)29-2/h3-10,17-20,25-27H,11-16H2,1-2H3. The molecule has 2 heterocycles. The van der Waals surface area contributed by atoms with Gasteiger partial charge in [-0.3, -0.25) is 4.90 Å². The van der Waals surface area contributed by atoms with Crippen LogP contribution in [0.3, 0.4) is 0 Å². The molecule has 154 valence electrons. The fourth-order valence-electron chi connectivity index (χ4n) is 5.90. The number of nitrogens with one attached hydrogen (secondary N) is 2. The highest BCUT2D eigenvalue weighted by atomic mass is 16.5. The highest BCUT2D eigenvalue weighted by Gasteiger charge is 2.40. The maximum Gasteiger partial charge on any atom is 0.141 e. The lowest BCUT2D eigenvalue weighted by molar-refractivity contribution is 0.0637. The topological polar surface area (TPSA) is 36.5 Å². The maximum atomic E-state index is 5.47. The zero-order chi connectivity index (χ0) is 19.8. The Morgan fingerprint density at radius 2 is 1.69 bits per heavy atom. The number of likely N-dealkylation sites (tertiary alicyclic amines) is 1. The number of ether oxygens (including phenoxy) is 1. The Labute approximate surface area is 174 Å². The van der Waals surface area contributed by atoms with E-state index in [0.29, 0.717) is 18.0 Å². The molecule has 2 fully saturated rings. The molecule has 3 aliphatic rings. The van der Waals surface area contributed by atoms with E-state index in [9.17, 15) is 0 Å². The van der Waals surface area contributed by atoms with Crippen molar-refractivity contribution in [1.82, 2.24) is 4.90 Å². The number of hydrogen-bond acceptors (Lipinski definition) is 4. The minimum atomic E-state index is 0.537. The van der Waals surface area contributed by atoms with E-state index in [-0.39, 0.29) is 0 Å². The number of rotatable bonds is 5. The second-order valence-electron chi connectivity index (χ2n) is 9.11. The van der Waals surface area contributed by atoms with Crippen molar-refractivity contribution in [3.05, 3.63) is 54.1 Å². The molecular formula is C25H33N3O. The van der Waals surface area contributed by atoms with Crippen molar-refractivity contribution in [2.75, 3.05) is 30.8 Å². The predicted octanol–water partition coefficient (Wildman–Crippen LogP) is 4.95. The summed E-state index contributed by atoms with van der Waals surface area (Å²) in [5.74, 6) is 2.44. The van der Waals surface area contributed by atoms with Crippen LogP contribution in [0.1, 0.15) is 44.1 Å². The number of para-hydroxylation sites is 3. The third-order valence-corrected chi connectivity index (χ3v) is 7.38. The van der Waals surface area contributed by atoms with Gasteiger partial charge < -0.3 is 15.4 Å². The van der Waals surface area contributed by atoms with E-state index >= 15 is 0 Å².